The van der Waals surface area contributed by atoms with Crippen molar-refractivity contribution in [2.75, 3.05) is 44.3 Å². The van der Waals surface area contributed by atoms with Crippen LogP contribution in [-0.4, -0.2) is 83.9 Å². The summed E-state index contributed by atoms with van der Waals surface area (Å²) in [5.74, 6) is -1.38. The number of aryl methyl sites for hydroxylation is 1. The second-order valence-corrected chi connectivity index (χ2v) is 14.1. The van der Waals surface area contributed by atoms with Crippen molar-refractivity contribution in [3.05, 3.63) is 99.2 Å². The maximum absolute atomic E-state index is 14.3. The number of hydrogen-bond acceptors (Lipinski definition) is 10. The molecule has 3 N–H and O–H groups in total. The minimum absolute atomic E-state index is 0.0379. The lowest BCUT2D eigenvalue weighted by molar-refractivity contribution is -0.123. The Morgan fingerprint density at radius 1 is 0.961 bits per heavy atom. The first-order chi connectivity index (χ1) is 24.5. The molecular weight excluding hydrogens is 671 g/mol. The number of thiazole rings is 1. The Hall–Kier alpha value is -5.08. The minimum Gasteiger partial charge on any atom is -0.443 e. The minimum atomic E-state index is -0.680. The number of nitrogens with one attached hydrogen (secondary N) is 3. The van der Waals surface area contributed by atoms with E-state index in [0.717, 1.165) is 24.3 Å². The predicted octanol–water partition coefficient (Wildman–Crippen LogP) is 4.08. The number of amides is 4. The molecule has 4 aromatic rings. The molecule has 0 radical (unpaired) electrons. The van der Waals surface area contributed by atoms with E-state index in [9.17, 15) is 19.2 Å². The van der Waals surface area contributed by atoms with Gasteiger partial charge in [0.2, 0.25) is 11.8 Å². The van der Waals surface area contributed by atoms with E-state index in [-0.39, 0.29) is 42.2 Å². The van der Waals surface area contributed by atoms with Gasteiger partial charge in [-0.25, -0.2) is 9.97 Å². The molecule has 4 bridgehead atoms. The molecule has 6 rings (SSSR count). The standard InChI is InChI=1S/C37H43N7O6S/c1-22(2)31-35-42-32(24(4)50-35)34(47)38-23(3)36-40-29(21-51-36)33(46)39-27(18-25-8-6-5-7-9-25)19-44(20-30(45)41-31)37(48)26-10-12-28(13-11-26)43-14-16-49-17-15-43/h5-13,21-23,27,31H,14-20H2,1-4H3,(H,38,47)(H,39,46)(H,41,45)/t23-,27-,31+/m1/s1. The predicted molar refractivity (Wildman–Crippen MR) is 192 cm³/mol. The molecular formula is C37H43N7O6S. The van der Waals surface area contributed by atoms with Crippen LogP contribution in [0.15, 0.2) is 64.4 Å². The molecule has 1 saturated heterocycles. The van der Waals surface area contributed by atoms with Crippen LogP contribution >= 0.6 is 11.3 Å². The van der Waals surface area contributed by atoms with E-state index < -0.39 is 35.8 Å². The molecule has 13 nitrogen and oxygen atoms in total. The summed E-state index contributed by atoms with van der Waals surface area (Å²) in [6, 6.07) is 15.2. The van der Waals surface area contributed by atoms with Gasteiger partial charge in [-0.05, 0) is 56.0 Å². The number of carbonyl (C=O) groups is 4. The molecule has 2 aromatic heterocycles. The number of hydrogen-bond donors (Lipinski definition) is 3. The second-order valence-electron chi connectivity index (χ2n) is 13.2. The van der Waals surface area contributed by atoms with E-state index in [2.05, 4.69) is 30.8 Å². The molecule has 2 aliphatic heterocycles. The fraction of sp³-hybridized carbons (Fsp3) is 0.405. The average molecular weight is 714 g/mol. The van der Waals surface area contributed by atoms with Crippen molar-refractivity contribution in [2.45, 2.75) is 52.2 Å². The van der Waals surface area contributed by atoms with Crippen LogP contribution in [0.5, 0.6) is 0 Å². The Morgan fingerprint density at radius 2 is 1.69 bits per heavy atom. The van der Waals surface area contributed by atoms with Crippen LogP contribution in [-0.2, 0) is 16.0 Å². The average Bonchev–Trinajstić information content (AvgIpc) is 3.78. The highest BCUT2D eigenvalue weighted by Gasteiger charge is 2.31. The SMILES string of the molecule is Cc1oc2nc1C(=O)N[C@H](C)c1nc(cs1)C(=O)N[C@H](Cc1ccccc1)CN(C(=O)c1ccc(N3CCOCC3)cc1)CC(=O)N[C@H]2C(C)C. The smallest absolute Gasteiger partial charge is 0.274 e. The van der Waals surface area contributed by atoms with Gasteiger partial charge in [0, 0.05) is 36.3 Å². The Bertz CT molecular complexity index is 1850. The van der Waals surface area contributed by atoms with Crippen molar-refractivity contribution in [3.63, 3.8) is 0 Å². The Kier molecular flexibility index (Phi) is 11.1. The number of nitrogens with zero attached hydrogens (tertiary/aromatic N) is 4. The highest BCUT2D eigenvalue weighted by atomic mass is 32.1. The largest absolute Gasteiger partial charge is 0.443 e. The molecule has 3 atom stereocenters. The van der Waals surface area contributed by atoms with Crippen molar-refractivity contribution < 1.29 is 28.3 Å². The van der Waals surface area contributed by atoms with Crippen LogP contribution in [0.3, 0.4) is 0 Å². The van der Waals surface area contributed by atoms with Crippen LogP contribution in [0, 0.1) is 12.8 Å². The molecule has 51 heavy (non-hydrogen) atoms. The maximum atomic E-state index is 14.3. The number of oxazole rings is 1. The van der Waals surface area contributed by atoms with Crippen LogP contribution in [0.1, 0.15) is 86.4 Å². The molecule has 0 saturated carbocycles. The molecule has 2 aliphatic rings. The van der Waals surface area contributed by atoms with E-state index in [1.165, 1.54) is 16.2 Å². The Morgan fingerprint density at radius 3 is 2.39 bits per heavy atom. The number of rotatable bonds is 5. The highest BCUT2D eigenvalue weighted by Crippen LogP contribution is 2.25. The number of aromatic nitrogens is 2. The van der Waals surface area contributed by atoms with Gasteiger partial charge in [0.25, 0.3) is 17.7 Å². The van der Waals surface area contributed by atoms with Crippen LogP contribution in [0.4, 0.5) is 5.69 Å². The summed E-state index contributed by atoms with van der Waals surface area (Å²) in [5.41, 5.74) is 2.61. The topological polar surface area (TPSA) is 159 Å². The summed E-state index contributed by atoms with van der Waals surface area (Å²) >= 11 is 1.25. The fourth-order valence-corrected chi connectivity index (χ4v) is 7.01. The monoisotopic (exact) mass is 713 g/mol. The molecule has 1 fully saturated rings. The molecule has 0 aliphatic carbocycles. The van der Waals surface area contributed by atoms with Gasteiger partial charge in [0.1, 0.15) is 22.5 Å². The van der Waals surface area contributed by atoms with Crippen molar-refractivity contribution in [3.8, 4) is 0 Å². The lowest BCUT2D eigenvalue weighted by Crippen LogP contribution is -2.50. The van der Waals surface area contributed by atoms with Crippen molar-refractivity contribution in [1.82, 2.24) is 30.8 Å². The summed E-state index contributed by atoms with van der Waals surface area (Å²) in [7, 11) is 0. The molecule has 2 aromatic carbocycles. The number of morpholine rings is 1. The van der Waals surface area contributed by atoms with E-state index in [1.807, 2.05) is 56.3 Å². The van der Waals surface area contributed by atoms with Gasteiger partial charge in [-0.1, -0.05) is 44.2 Å². The Balaban J connectivity index is 1.36. The van der Waals surface area contributed by atoms with Gasteiger partial charge >= 0.3 is 0 Å². The molecule has 0 spiro atoms. The number of benzene rings is 2. The van der Waals surface area contributed by atoms with Gasteiger partial charge < -0.3 is 34.9 Å². The first-order valence-corrected chi connectivity index (χ1v) is 18.0. The third-order valence-electron chi connectivity index (χ3n) is 8.96. The Labute approximate surface area is 300 Å². The third-order valence-corrected chi connectivity index (χ3v) is 9.99. The normalized spacial score (nSPS) is 20.6. The third kappa shape index (κ3) is 8.63. The fourth-order valence-electron chi connectivity index (χ4n) is 6.21. The van der Waals surface area contributed by atoms with Gasteiger partial charge in [-0.15, -0.1) is 11.3 Å². The lowest BCUT2D eigenvalue weighted by Gasteiger charge is -2.30. The van der Waals surface area contributed by atoms with E-state index in [1.54, 1.807) is 31.4 Å². The van der Waals surface area contributed by atoms with Crippen molar-refractivity contribution in [1.29, 1.82) is 0 Å². The summed E-state index contributed by atoms with van der Waals surface area (Å²) in [6.45, 7) is 9.75. The number of ether oxygens (including phenoxy) is 1. The number of carbonyl (C=O) groups excluding carboxylic acids is 4. The van der Waals surface area contributed by atoms with E-state index in [0.29, 0.717) is 36.0 Å². The quantitative estimate of drug-likeness (QED) is 0.277. The second kappa shape index (κ2) is 15.9. The molecule has 4 amide bonds. The van der Waals surface area contributed by atoms with Crippen LogP contribution in [0.25, 0.3) is 0 Å². The summed E-state index contributed by atoms with van der Waals surface area (Å²) in [6.07, 6.45) is 0.393. The number of anilines is 1. The van der Waals surface area contributed by atoms with Gasteiger partial charge in [0.05, 0.1) is 31.8 Å². The molecule has 4 heterocycles. The zero-order chi connectivity index (χ0) is 36.1. The van der Waals surface area contributed by atoms with E-state index >= 15 is 0 Å². The first kappa shape index (κ1) is 35.7. The molecule has 0 unspecified atom stereocenters. The number of fused-ring (bicyclic) bond motifs is 4. The lowest BCUT2D eigenvalue weighted by atomic mass is 10.0. The molecule has 14 heteroatoms. The van der Waals surface area contributed by atoms with E-state index in [4.69, 9.17) is 9.15 Å². The zero-order valence-electron chi connectivity index (χ0n) is 29.2. The first-order valence-electron chi connectivity index (χ1n) is 17.2. The summed E-state index contributed by atoms with van der Waals surface area (Å²) < 4.78 is 11.4. The summed E-state index contributed by atoms with van der Waals surface area (Å²) in [4.78, 5) is 67.8. The van der Waals surface area contributed by atoms with Gasteiger partial charge in [-0.2, -0.15) is 0 Å². The molecule has 268 valence electrons. The summed E-state index contributed by atoms with van der Waals surface area (Å²) in [5, 5.41) is 11.1. The van der Waals surface area contributed by atoms with Gasteiger partial charge in [-0.3, -0.25) is 19.2 Å². The van der Waals surface area contributed by atoms with Crippen LogP contribution < -0.4 is 20.9 Å². The highest BCUT2D eigenvalue weighted by molar-refractivity contribution is 7.09. The van der Waals surface area contributed by atoms with Crippen LogP contribution in [0.2, 0.25) is 0 Å². The van der Waals surface area contributed by atoms with Crippen molar-refractivity contribution >= 4 is 40.7 Å². The zero-order valence-corrected chi connectivity index (χ0v) is 30.0. The van der Waals surface area contributed by atoms with Gasteiger partial charge in [0.15, 0.2) is 5.69 Å². The van der Waals surface area contributed by atoms with Crippen molar-refractivity contribution in [2.24, 2.45) is 5.92 Å². The maximum Gasteiger partial charge on any atom is 0.274 e.